The molecule has 0 atom stereocenters. The third-order valence-electron chi connectivity index (χ3n) is 3.99. The first kappa shape index (κ1) is 19.7. The molecular formula is C18H19N7O4. The van der Waals surface area contributed by atoms with E-state index in [2.05, 4.69) is 20.8 Å². The van der Waals surface area contributed by atoms with Gasteiger partial charge in [-0.05, 0) is 24.0 Å². The van der Waals surface area contributed by atoms with Crippen LogP contribution in [0.15, 0.2) is 48.8 Å². The molecule has 2 amide bonds. The first-order chi connectivity index (χ1) is 14.0. The smallest absolute Gasteiger partial charge is 0.358 e. The van der Waals surface area contributed by atoms with Crippen LogP contribution in [-0.4, -0.2) is 36.3 Å². The number of nitrogens with zero attached hydrogens (tertiary/aromatic N) is 5. The predicted molar refractivity (Wildman–Crippen MR) is 104 cm³/mol. The number of carbonyl (C=O) groups is 2. The van der Waals surface area contributed by atoms with Gasteiger partial charge in [-0.2, -0.15) is 9.78 Å². The molecule has 150 valence electrons. The van der Waals surface area contributed by atoms with Crippen LogP contribution in [0, 0.1) is 10.1 Å². The Bertz CT molecular complexity index is 1030. The number of hydrogen-bond acceptors (Lipinski definition) is 6. The highest BCUT2D eigenvalue weighted by Crippen LogP contribution is 2.17. The van der Waals surface area contributed by atoms with E-state index in [1.54, 1.807) is 35.1 Å². The summed E-state index contributed by atoms with van der Waals surface area (Å²) in [4.78, 5) is 34.9. The molecule has 2 heterocycles. The van der Waals surface area contributed by atoms with Crippen molar-refractivity contribution in [1.29, 1.82) is 0 Å². The van der Waals surface area contributed by atoms with Crippen molar-refractivity contribution in [3.05, 3.63) is 64.6 Å². The van der Waals surface area contributed by atoms with E-state index in [-0.39, 0.29) is 36.1 Å². The average molecular weight is 397 g/mol. The molecule has 2 aromatic heterocycles. The number of para-hydroxylation sites is 1. The van der Waals surface area contributed by atoms with Crippen molar-refractivity contribution in [2.45, 2.75) is 26.4 Å². The van der Waals surface area contributed by atoms with Crippen molar-refractivity contribution >= 4 is 29.0 Å². The summed E-state index contributed by atoms with van der Waals surface area (Å²) in [5, 5.41) is 24.0. The minimum atomic E-state index is -0.604. The molecule has 0 saturated carbocycles. The first-order valence-electron chi connectivity index (χ1n) is 8.88. The Morgan fingerprint density at radius 2 is 1.86 bits per heavy atom. The Morgan fingerprint density at radius 1 is 1.10 bits per heavy atom. The van der Waals surface area contributed by atoms with Crippen molar-refractivity contribution in [3.63, 3.8) is 0 Å². The standard InChI is InChI=1S/C18H19N7O4/c1-2-23-12-14(17(22-23)18(27)19-13-6-4-3-5-7-13)20-16(26)9-11-24-10-8-15(21-24)25(28)29/h3-8,10,12H,2,9,11H2,1H3,(H,19,27)(H,20,26). The summed E-state index contributed by atoms with van der Waals surface area (Å²) < 4.78 is 2.86. The van der Waals surface area contributed by atoms with Crippen LogP contribution < -0.4 is 10.6 Å². The molecule has 11 heteroatoms. The third-order valence-corrected chi connectivity index (χ3v) is 3.99. The van der Waals surface area contributed by atoms with Crippen LogP contribution in [0.1, 0.15) is 23.8 Å². The topological polar surface area (TPSA) is 137 Å². The van der Waals surface area contributed by atoms with Gasteiger partial charge in [-0.25, -0.2) is 0 Å². The van der Waals surface area contributed by atoms with Gasteiger partial charge in [-0.1, -0.05) is 18.2 Å². The number of aromatic nitrogens is 4. The monoisotopic (exact) mass is 397 g/mol. The van der Waals surface area contributed by atoms with Gasteiger partial charge in [0.25, 0.3) is 5.91 Å². The second-order valence-corrected chi connectivity index (χ2v) is 6.06. The lowest BCUT2D eigenvalue weighted by atomic mass is 10.3. The van der Waals surface area contributed by atoms with Crippen LogP contribution in [0.25, 0.3) is 0 Å². The van der Waals surface area contributed by atoms with Crippen LogP contribution in [0.5, 0.6) is 0 Å². The summed E-state index contributed by atoms with van der Waals surface area (Å²) >= 11 is 0. The van der Waals surface area contributed by atoms with Gasteiger partial charge in [0.15, 0.2) is 5.69 Å². The molecule has 3 aromatic rings. The van der Waals surface area contributed by atoms with Crippen molar-refractivity contribution < 1.29 is 14.5 Å². The number of aryl methyl sites for hydroxylation is 2. The maximum Gasteiger partial charge on any atom is 0.389 e. The fourth-order valence-electron chi connectivity index (χ4n) is 2.56. The van der Waals surface area contributed by atoms with Crippen LogP contribution >= 0.6 is 0 Å². The zero-order valence-electron chi connectivity index (χ0n) is 15.6. The second-order valence-electron chi connectivity index (χ2n) is 6.06. The molecule has 2 N–H and O–H groups in total. The molecule has 0 unspecified atom stereocenters. The molecular weight excluding hydrogens is 378 g/mol. The molecule has 0 saturated heterocycles. The van der Waals surface area contributed by atoms with E-state index in [4.69, 9.17) is 0 Å². The Hall–Kier alpha value is -4.02. The highest BCUT2D eigenvalue weighted by molar-refractivity contribution is 6.08. The molecule has 0 spiro atoms. The van der Waals surface area contributed by atoms with Crippen molar-refractivity contribution in [2.75, 3.05) is 10.6 Å². The van der Waals surface area contributed by atoms with Crippen LogP contribution in [0.4, 0.5) is 17.2 Å². The fourth-order valence-corrected chi connectivity index (χ4v) is 2.56. The number of nitro groups is 1. The van der Waals surface area contributed by atoms with E-state index in [1.807, 2.05) is 13.0 Å². The maximum absolute atomic E-state index is 12.6. The Balaban J connectivity index is 1.66. The minimum Gasteiger partial charge on any atom is -0.358 e. The zero-order chi connectivity index (χ0) is 20.8. The minimum absolute atomic E-state index is 0.0237. The highest BCUT2D eigenvalue weighted by Gasteiger charge is 2.19. The van der Waals surface area contributed by atoms with E-state index in [1.165, 1.54) is 16.9 Å². The molecule has 0 fully saturated rings. The van der Waals surface area contributed by atoms with Gasteiger partial charge in [0.05, 0.1) is 29.6 Å². The van der Waals surface area contributed by atoms with Gasteiger partial charge in [0.2, 0.25) is 5.91 Å². The van der Waals surface area contributed by atoms with Crippen molar-refractivity contribution in [2.24, 2.45) is 0 Å². The Morgan fingerprint density at radius 3 is 2.52 bits per heavy atom. The lowest BCUT2D eigenvalue weighted by Gasteiger charge is -2.06. The number of anilines is 2. The predicted octanol–water partition coefficient (Wildman–Crippen LogP) is 2.29. The number of carbonyl (C=O) groups excluding carboxylic acids is 2. The summed E-state index contributed by atoms with van der Waals surface area (Å²) in [6.07, 6.45) is 3.03. The van der Waals surface area contributed by atoms with Crippen molar-refractivity contribution in [1.82, 2.24) is 19.6 Å². The normalized spacial score (nSPS) is 10.5. The van der Waals surface area contributed by atoms with Gasteiger partial charge in [-0.15, -0.1) is 0 Å². The lowest BCUT2D eigenvalue weighted by molar-refractivity contribution is -0.389. The number of amides is 2. The van der Waals surface area contributed by atoms with E-state index in [9.17, 15) is 19.7 Å². The Labute approximate surface area is 165 Å². The van der Waals surface area contributed by atoms with E-state index < -0.39 is 10.8 Å². The van der Waals surface area contributed by atoms with Gasteiger partial charge < -0.3 is 20.7 Å². The number of benzene rings is 1. The zero-order valence-corrected chi connectivity index (χ0v) is 15.6. The number of rotatable bonds is 8. The molecule has 3 rings (SSSR count). The lowest BCUT2D eigenvalue weighted by Crippen LogP contribution is -2.19. The van der Waals surface area contributed by atoms with Crippen LogP contribution in [0.3, 0.4) is 0 Å². The highest BCUT2D eigenvalue weighted by atomic mass is 16.6. The fraction of sp³-hybridized carbons (Fsp3) is 0.222. The molecule has 1 aromatic carbocycles. The van der Waals surface area contributed by atoms with E-state index >= 15 is 0 Å². The van der Waals surface area contributed by atoms with Crippen LogP contribution in [-0.2, 0) is 17.9 Å². The molecule has 0 aliphatic heterocycles. The van der Waals surface area contributed by atoms with Crippen molar-refractivity contribution in [3.8, 4) is 0 Å². The summed E-state index contributed by atoms with van der Waals surface area (Å²) in [5.74, 6) is -1.09. The van der Waals surface area contributed by atoms with Crippen LogP contribution in [0.2, 0.25) is 0 Å². The first-order valence-corrected chi connectivity index (χ1v) is 8.88. The Kier molecular flexibility index (Phi) is 5.97. The maximum atomic E-state index is 12.6. The average Bonchev–Trinajstić information content (AvgIpc) is 3.34. The summed E-state index contributed by atoms with van der Waals surface area (Å²) in [7, 11) is 0. The second kappa shape index (κ2) is 8.78. The molecule has 0 aliphatic carbocycles. The summed E-state index contributed by atoms with van der Waals surface area (Å²) in [6.45, 7) is 2.55. The van der Waals surface area contributed by atoms with Gasteiger partial charge in [0, 0.05) is 24.8 Å². The summed E-state index contributed by atoms with van der Waals surface area (Å²) in [6, 6.07) is 10.2. The molecule has 0 radical (unpaired) electrons. The van der Waals surface area contributed by atoms with Gasteiger partial charge in [0.1, 0.15) is 0 Å². The third kappa shape index (κ3) is 5.03. The quantitative estimate of drug-likeness (QED) is 0.442. The number of hydrogen-bond donors (Lipinski definition) is 2. The number of nitrogens with one attached hydrogen (secondary N) is 2. The van der Waals surface area contributed by atoms with Gasteiger partial charge >= 0.3 is 5.82 Å². The summed E-state index contributed by atoms with van der Waals surface area (Å²) in [5.41, 5.74) is 0.997. The van der Waals surface area contributed by atoms with E-state index in [0.29, 0.717) is 12.2 Å². The molecule has 0 aliphatic rings. The molecule has 0 bridgehead atoms. The molecule has 29 heavy (non-hydrogen) atoms. The SMILES string of the molecule is CCn1cc(NC(=O)CCn2ccc([N+](=O)[O-])n2)c(C(=O)Nc2ccccc2)n1. The van der Waals surface area contributed by atoms with E-state index in [0.717, 1.165) is 0 Å². The molecule has 11 nitrogen and oxygen atoms in total. The largest absolute Gasteiger partial charge is 0.389 e. The van der Waals surface area contributed by atoms with Gasteiger partial charge in [-0.3, -0.25) is 14.3 Å².